The molecule has 0 bridgehead atoms. The molecule has 1 atom stereocenters. The molecule has 0 spiro atoms. The molecule has 2 fully saturated rings. The van der Waals surface area contributed by atoms with Gasteiger partial charge in [0, 0.05) is 22.0 Å². The predicted molar refractivity (Wildman–Crippen MR) is 94.1 cm³/mol. The fourth-order valence-corrected chi connectivity index (χ4v) is 3.99. The number of carbonyl (C=O) groups is 1. The minimum absolute atomic E-state index is 0.140. The molecule has 23 heavy (non-hydrogen) atoms. The molecular weight excluding hydrogens is 374 g/mol. The topological polar surface area (TPSA) is 47.8 Å². The highest BCUT2D eigenvalue weighted by Gasteiger charge is 2.37. The van der Waals surface area contributed by atoms with E-state index in [1.165, 1.54) is 37.4 Å². The Hall–Kier alpha value is -1.14. The number of Topliss-reactive ketones (excluding diaryl/α,β-unsaturated/α-hetero) is 1. The van der Waals surface area contributed by atoms with Crippen LogP contribution in [0.3, 0.4) is 0 Å². The van der Waals surface area contributed by atoms with Crippen LogP contribution >= 0.6 is 27.7 Å². The van der Waals surface area contributed by atoms with Crippen molar-refractivity contribution >= 4 is 33.5 Å². The van der Waals surface area contributed by atoms with Crippen molar-refractivity contribution in [2.45, 2.75) is 55.0 Å². The molecule has 2 saturated carbocycles. The molecule has 0 radical (unpaired) electrons. The first kappa shape index (κ1) is 15.4. The number of ketones is 1. The fourth-order valence-electron chi connectivity index (χ4n) is 2.73. The lowest BCUT2D eigenvalue weighted by Crippen LogP contribution is -2.14. The second kappa shape index (κ2) is 6.06. The van der Waals surface area contributed by atoms with Crippen molar-refractivity contribution in [2.24, 2.45) is 0 Å². The van der Waals surface area contributed by atoms with Crippen molar-refractivity contribution in [3.8, 4) is 0 Å². The smallest absolute Gasteiger partial charge is 0.192 e. The third-order valence-corrected chi connectivity index (χ3v) is 5.91. The highest BCUT2D eigenvalue weighted by molar-refractivity contribution is 9.10. The van der Waals surface area contributed by atoms with Crippen molar-refractivity contribution in [1.82, 2.24) is 14.8 Å². The van der Waals surface area contributed by atoms with E-state index < -0.39 is 0 Å². The Balaban J connectivity index is 1.53. The molecule has 0 aliphatic heterocycles. The summed E-state index contributed by atoms with van der Waals surface area (Å²) in [6, 6.07) is 8.10. The second-order valence-corrected chi connectivity index (χ2v) is 8.57. The highest BCUT2D eigenvalue weighted by Crippen LogP contribution is 2.46. The first-order valence-electron chi connectivity index (χ1n) is 8.04. The predicted octanol–water partition coefficient (Wildman–Crippen LogP) is 4.62. The summed E-state index contributed by atoms with van der Waals surface area (Å²) in [4.78, 5) is 12.6. The fraction of sp³-hybridized carbons (Fsp3) is 0.471. The van der Waals surface area contributed by atoms with Gasteiger partial charge in [-0.1, -0.05) is 39.8 Å². The monoisotopic (exact) mass is 391 g/mol. The molecule has 4 nitrogen and oxygen atoms in total. The van der Waals surface area contributed by atoms with Gasteiger partial charge in [0.1, 0.15) is 5.82 Å². The van der Waals surface area contributed by atoms with Gasteiger partial charge in [0.2, 0.25) is 0 Å². The SMILES string of the molecule is C[C@@H](Sc1nnc(C2CC2)n1C1CC1)C(=O)c1ccc(Br)cc1. The summed E-state index contributed by atoms with van der Waals surface area (Å²) in [5.74, 6) is 1.87. The lowest BCUT2D eigenvalue weighted by Gasteiger charge is -2.12. The van der Waals surface area contributed by atoms with E-state index in [1.54, 1.807) is 0 Å². The molecular formula is C17H18BrN3OS. The van der Waals surface area contributed by atoms with Crippen LogP contribution in [0.5, 0.6) is 0 Å². The zero-order valence-corrected chi connectivity index (χ0v) is 15.3. The molecule has 2 aliphatic rings. The zero-order chi connectivity index (χ0) is 16.0. The number of aromatic nitrogens is 3. The number of hydrogen-bond donors (Lipinski definition) is 0. The number of thioether (sulfide) groups is 1. The Kier molecular flexibility index (Phi) is 4.05. The maximum absolute atomic E-state index is 12.6. The average molecular weight is 392 g/mol. The maximum Gasteiger partial charge on any atom is 0.192 e. The summed E-state index contributed by atoms with van der Waals surface area (Å²) in [5.41, 5.74) is 0.744. The molecule has 4 rings (SSSR count). The number of nitrogens with zero attached hydrogens (tertiary/aromatic N) is 3. The first-order valence-corrected chi connectivity index (χ1v) is 9.72. The molecule has 6 heteroatoms. The molecule has 0 unspecified atom stereocenters. The van der Waals surface area contributed by atoms with E-state index in [-0.39, 0.29) is 11.0 Å². The molecule has 1 heterocycles. The summed E-state index contributed by atoms with van der Waals surface area (Å²) in [6.07, 6.45) is 4.87. The van der Waals surface area contributed by atoms with E-state index in [0.717, 1.165) is 21.0 Å². The summed E-state index contributed by atoms with van der Waals surface area (Å²) in [5, 5.41) is 9.54. The molecule has 0 saturated heterocycles. The van der Waals surface area contributed by atoms with Crippen molar-refractivity contribution in [3.05, 3.63) is 40.1 Å². The summed E-state index contributed by atoms with van der Waals surface area (Å²) >= 11 is 4.94. The van der Waals surface area contributed by atoms with Crippen LogP contribution in [0.4, 0.5) is 0 Å². The quantitative estimate of drug-likeness (QED) is 0.532. The molecule has 1 aromatic carbocycles. The summed E-state index contributed by atoms with van der Waals surface area (Å²) in [7, 11) is 0. The number of benzene rings is 1. The van der Waals surface area contributed by atoms with Crippen LogP contribution in [0.25, 0.3) is 0 Å². The van der Waals surface area contributed by atoms with Gasteiger partial charge >= 0.3 is 0 Å². The lowest BCUT2D eigenvalue weighted by molar-refractivity contribution is 0.0994. The normalized spacial score (nSPS) is 18.9. The second-order valence-electron chi connectivity index (χ2n) is 6.35. The Morgan fingerprint density at radius 2 is 1.91 bits per heavy atom. The summed E-state index contributed by atoms with van der Waals surface area (Å²) in [6.45, 7) is 1.96. The minimum atomic E-state index is -0.162. The Morgan fingerprint density at radius 1 is 1.22 bits per heavy atom. The van der Waals surface area contributed by atoms with Crippen molar-refractivity contribution < 1.29 is 4.79 Å². The van der Waals surface area contributed by atoms with Gasteiger partial charge in [0.05, 0.1) is 5.25 Å². The molecule has 120 valence electrons. The van der Waals surface area contributed by atoms with Gasteiger partial charge in [-0.3, -0.25) is 4.79 Å². The van der Waals surface area contributed by atoms with E-state index in [0.29, 0.717) is 12.0 Å². The van der Waals surface area contributed by atoms with Gasteiger partial charge < -0.3 is 4.57 Å². The van der Waals surface area contributed by atoms with Gasteiger partial charge in [-0.05, 0) is 44.7 Å². The Bertz CT molecular complexity index is 735. The van der Waals surface area contributed by atoms with E-state index in [2.05, 4.69) is 30.7 Å². The highest BCUT2D eigenvalue weighted by atomic mass is 79.9. The van der Waals surface area contributed by atoms with E-state index in [1.807, 2.05) is 31.2 Å². The molecule has 2 aliphatic carbocycles. The van der Waals surface area contributed by atoms with Crippen molar-refractivity contribution in [1.29, 1.82) is 0 Å². The van der Waals surface area contributed by atoms with Crippen LogP contribution in [0.1, 0.15) is 60.7 Å². The standard InChI is InChI=1S/C17H18BrN3OS/c1-10(15(22)11-4-6-13(18)7-5-11)23-17-20-19-16(12-2-3-12)21(17)14-8-9-14/h4-7,10,12,14H,2-3,8-9H2,1H3/t10-/m1/s1. The molecule has 0 N–H and O–H groups in total. The average Bonchev–Trinajstić information content (AvgIpc) is 3.46. The van der Waals surface area contributed by atoms with E-state index >= 15 is 0 Å². The number of halogens is 1. The van der Waals surface area contributed by atoms with E-state index in [4.69, 9.17) is 0 Å². The minimum Gasteiger partial charge on any atom is -0.303 e. The van der Waals surface area contributed by atoms with Crippen LogP contribution in [0.2, 0.25) is 0 Å². The largest absolute Gasteiger partial charge is 0.303 e. The number of carbonyl (C=O) groups excluding carboxylic acids is 1. The number of rotatable bonds is 6. The molecule has 0 amide bonds. The van der Waals surface area contributed by atoms with Gasteiger partial charge in [0.25, 0.3) is 0 Å². The van der Waals surface area contributed by atoms with Crippen LogP contribution < -0.4 is 0 Å². The van der Waals surface area contributed by atoms with Crippen LogP contribution in [-0.2, 0) is 0 Å². The van der Waals surface area contributed by atoms with Crippen molar-refractivity contribution in [2.75, 3.05) is 0 Å². The lowest BCUT2D eigenvalue weighted by atomic mass is 10.1. The van der Waals surface area contributed by atoms with Gasteiger partial charge in [-0.2, -0.15) is 0 Å². The third-order valence-electron chi connectivity index (χ3n) is 4.33. The van der Waals surface area contributed by atoms with E-state index in [9.17, 15) is 4.79 Å². The van der Waals surface area contributed by atoms with Crippen LogP contribution in [-0.4, -0.2) is 25.8 Å². The Morgan fingerprint density at radius 3 is 2.52 bits per heavy atom. The third kappa shape index (κ3) is 3.24. The van der Waals surface area contributed by atoms with Gasteiger partial charge in [0.15, 0.2) is 10.9 Å². The van der Waals surface area contributed by atoms with Crippen LogP contribution in [0, 0.1) is 0 Å². The number of hydrogen-bond acceptors (Lipinski definition) is 4. The van der Waals surface area contributed by atoms with Gasteiger partial charge in [-0.15, -0.1) is 10.2 Å². The maximum atomic E-state index is 12.6. The Labute approximate surface area is 148 Å². The molecule has 1 aromatic heterocycles. The van der Waals surface area contributed by atoms with Crippen LogP contribution in [0.15, 0.2) is 33.9 Å². The zero-order valence-electron chi connectivity index (χ0n) is 12.9. The summed E-state index contributed by atoms with van der Waals surface area (Å²) < 4.78 is 3.28. The van der Waals surface area contributed by atoms with Gasteiger partial charge in [-0.25, -0.2) is 0 Å². The first-order chi connectivity index (χ1) is 11.1. The van der Waals surface area contributed by atoms with Crippen molar-refractivity contribution in [3.63, 3.8) is 0 Å². The molecule has 2 aromatic rings.